The number of allylic oxidation sites excluding steroid dienone is 4. The zero-order valence-electron chi connectivity index (χ0n) is 16.0. The summed E-state index contributed by atoms with van der Waals surface area (Å²) in [4.78, 5) is 0. The third-order valence-electron chi connectivity index (χ3n) is 6.28. The molecule has 0 spiro atoms. The summed E-state index contributed by atoms with van der Waals surface area (Å²) in [6.45, 7) is 4.40. The molecule has 27 heavy (non-hydrogen) atoms. The van der Waals surface area contributed by atoms with E-state index in [1.54, 1.807) is 0 Å². The lowest BCUT2D eigenvalue weighted by Gasteiger charge is -2.37. The summed E-state index contributed by atoms with van der Waals surface area (Å²) in [6, 6.07) is 27.1. The molecule has 2 aliphatic rings. The van der Waals surface area contributed by atoms with E-state index in [2.05, 4.69) is 98.8 Å². The van der Waals surface area contributed by atoms with Gasteiger partial charge < -0.3 is 0 Å². The fourth-order valence-corrected chi connectivity index (χ4v) is 4.93. The highest BCUT2D eigenvalue weighted by molar-refractivity contribution is 5.86. The first-order chi connectivity index (χ1) is 13.2. The van der Waals surface area contributed by atoms with Crippen molar-refractivity contribution in [3.05, 3.63) is 118 Å². The van der Waals surface area contributed by atoms with Crippen molar-refractivity contribution >= 4 is 0 Å². The quantitative estimate of drug-likeness (QED) is 0.469. The maximum Gasteiger partial charge on any atom is 0.0676 e. The fourth-order valence-electron chi connectivity index (χ4n) is 4.93. The molecule has 0 nitrogen and oxygen atoms in total. The highest BCUT2D eigenvalue weighted by Gasteiger charge is 2.46. The molecule has 5 rings (SSSR count). The lowest BCUT2D eigenvalue weighted by molar-refractivity contribution is 0.684. The Labute approximate surface area is 161 Å². The molecule has 0 heterocycles. The lowest BCUT2D eigenvalue weighted by atomic mass is 9.65. The van der Waals surface area contributed by atoms with Gasteiger partial charge in [0, 0.05) is 0 Å². The molecular weight excluding hydrogens is 324 g/mol. The predicted molar refractivity (Wildman–Crippen MR) is 114 cm³/mol. The average Bonchev–Trinajstić information content (AvgIpc) is 3.01. The van der Waals surface area contributed by atoms with Crippen LogP contribution in [0, 0.1) is 6.92 Å². The van der Waals surface area contributed by atoms with Gasteiger partial charge in [-0.1, -0.05) is 102 Å². The van der Waals surface area contributed by atoms with Crippen LogP contribution < -0.4 is 0 Å². The Morgan fingerprint density at radius 2 is 1.22 bits per heavy atom. The summed E-state index contributed by atoms with van der Waals surface area (Å²) < 4.78 is 0. The molecule has 0 bridgehead atoms. The summed E-state index contributed by atoms with van der Waals surface area (Å²) in [5, 5.41) is 0. The van der Waals surface area contributed by atoms with Crippen LogP contribution in [0.2, 0.25) is 0 Å². The number of hydrogen-bond acceptors (Lipinski definition) is 0. The van der Waals surface area contributed by atoms with E-state index < -0.39 is 0 Å². The van der Waals surface area contributed by atoms with E-state index in [1.165, 1.54) is 44.5 Å². The van der Waals surface area contributed by atoms with E-state index in [0.29, 0.717) is 0 Å². The molecular formula is C27H24. The Bertz CT molecular complexity index is 1030. The van der Waals surface area contributed by atoms with Crippen LogP contribution in [0.1, 0.15) is 42.0 Å². The average molecular weight is 348 g/mol. The molecule has 0 N–H and O–H groups in total. The minimum absolute atomic E-state index is 0.182. The molecule has 0 fully saturated rings. The second-order valence-electron chi connectivity index (χ2n) is 7.91. The molecule has 0 amide bonds. The van der Waals surface area contributed by atoms with Crippen LogP contribution in [0.15, 0.2) is 96.1 Å². The summed E-state index contributed by atoms with van der Waals surface area (Å²) in [6.07, 6.45) is 6.96. The Hall–Kier alpha value is -2.86. The first-order valence-electron chi connectivity index (χ1n) is 9.84. The largest absolute Gasteiger partial charge is 0.0730 e. The van der Waals surface area contributed by atoms with Gasteiger partial charge in [0.1, 0.15) is 0 Å². The molecule has 0 heteroatoms. The highest BCUT2D eigenvalue weighted by Crippen LogP contribution is 2.57. The van der Waals surface area contributed by atoms with Gasteiger partial charge in [-0.05, 0) is 54.5 Å². The molecule has 0 aliphatic heterocycles. The molecule has 0 aromatic heterocycles. The van der Waals surface area contributed by atoms with Crippen LogP contribution in [0.25, 0.3) is 11.1 Å². The maximum absolute atomic E-state index is 2.39. The van der Waals surface area contributed by atoms with E-state index in [1.807, 2.05) is 0 Å². The second kappa shape index (κ2) is 6.09. The Balaban J connectivity index is 1.91. The van der Waals surface area contributed by atoms with E-state index >= 15 is 0 Å². The minimum Gasteiger partial charge on any atom is -0.0730 e. The molecule has 2 aliphatic carbocycles. The zero-order valence-corrected chi connectivity index (χ0v) is 16.0. The van der Waals surface area contributed by atoms with Crippen molar-refractivity contribution in [1.82, 2.24) is 0 Å². The predicted octanol–water partition coefficient (Wildman–Crippen LogP) is 6.98. The van der Waals surface area contributed by atoms with Crippen LogP contribution >= 0.6 is 0 Å². The first-order valence-corrected chi connectivity index (χ1v) is 9.84. The third kappa shape index (κ3) is 2.29. The Morgan fingerprint density at radius 1 is 0.630 bits per heavy atom. The number of rotatable bonds is 2. The molecule has 0 radical (unpaired) electrons. The molecule has 3 aromatic carbocycles. The van der Waals surface area contributed by atoms with Gasteiger partial charge in [-0.2, -0.15) is 0 Å². The van der Waals surface area contributed by atoms with Gasteiger partial charge in [-0.3, -0.25) is 0 Å². The van der Waals surface area contributed by atoms with Crippen molar-refractivity contribution in [3.8, 4) is 11.1 Å². The van der Waals surface area contributed by atoms with E-state index in [4.69, 9.17) is 0 Å². The number of fused-ring (bicyclic) bond motifs is 3. The van der Waals surface area contributed by atoms with Gasteiger partial charge in [0.2, 0.25) is 0 Å². The Morgan fingerprint density at radius 3 is 1.78 bits per heavy atom. The van der Waals surface area contributed by atoms with Crippen LogP contribution in [-0.4, -0.2) is 0 Å². The van der Waals surface area contributed by atoms with Gasteiger partial charge in [0.25, 0.3) is 0 Å². The molecule has 0 atom stereocenters. The fraction of sp³-hybridized carbons (Fsp3) is 0.185. The molecule has 0 saturated carbocycles. The van der Waals surface area contributed by atoms with Gasteiger partial charge in [-0.25, -0.2) is 0 Å². The van der Waals surface area contributed by atoms with Crippen LogP contribution in [0.3, 0.4) is 0 Å². The molecule has 0 saturated heterocycles. The van der Waals surface area contributed by atoms with Crippen LogP contribution in [0.4, 0.5) is 0 Å². The Kier molecular flexibility index (Phi) is 3.68. The summed E-state index contributed by atoms with van der Waals surface area (Å²) in [5.41, 5.74) is 11.1. The lowest BCUT2D eigenvalue weighted by Crippen LogP contribution is -2.30. The molecule has 3 aromatic rings. The minimum atomic E-state index is -0.182. The van der Waals surface area contributed by atoms with Gasteiger partial charge in [0.05, 0.1) is 5.41 Å². The maximum atomic E-state index is 2.39. The van der Waals surface area contributed by atoms with Crippen LogP contribution in [-0.2, 0) is 5.41 Å². The van der Waals surface area contributed by atoms with Gasteiger partial charge in [0.15, 0.2) is 0 Å². The standard InChI is InChI=1S/C27H24/c1-19-11-15-21(16-12-19)27(22-17-13-20(2)14-18-22)25-9-5-3-7-23(25)24-8-4-6-10-26(24)27/h3-13,15-17H,14,18H2,1-2H3. The van der Waals surface area contributed by atoms with Gasteiger partial charge >= 0.3 is 0 Å². The highest BCUT2D eigenvalue weighted by atomic mass is 14.5. The van der Waals surface area contributed by atoms with Crippen LogP contribution in [0.5, 0.6) is 0 Å². The van der Waals surface area contributed by atoms with Crippen molar-refractivity contribution in [2.45, 2.75) is 32.1 Å². The monoisotopic (exact) mass is 348 g/mol. The van der Waals surface area contributed by atoms with Gasteiger partial charge in [-0.15, -0.1) is 0 Å². The second-order valence-corrected chi connectivity index (χ2v) is 7.91. The van der Waals surface area contributed by atoms with Crippen molar-refractivity contribution in [2.75, 3.05) is 0 Å². The smallest absolute Gasteiger partial charge is 0.0676 e. The van der Waals surface area contributed by atoms with E-state index in [9.17, 15) is 0 Å². The SMILES string of the molecule is CC1=CC=C(C2(c3ccc(C)cc3)c3ccccc3-c3ccccc32)CC1. The molecule has 0 unspecified atom stereocenters. The number of hydrogen-bond donors (Lipinski definition) is 0. The summed E-state index contributed by atoms with van der Waals surface area (Å²) in [5.74, 6) is 0. The summed E-state index contributed by atoms with van der Waals surface area (Å²) >= 11 is 0. The van der Waals surface area contributed by atoms with Crippen molar-refractivity contribution in [3.63, 3.8) is 0 Å². The van der Waals surface area contributed by atoms with Crippen molar-refractivity contribution < 1.29 is 0 Å². The summed E-state index contributed by atoms with van der Waals surface area (Å²) in [7, 11) is 0. The zero-order chi connectivity index (χ0) is 18.4. The normalized spacial score (nSPS) is 17.0. The topological polar surface area (TPSA) is 0 Å². The van der Waals surface area contributed by atoms with Crippen molar-refractivity contribution in [1.29, 1.82) is 0 Å². The first kappa shape index (κ1) is 16.3. The van der Waals surface area contributed by atoms with Crippen molar-refractivity contribution in [2.24, 2.45) is 0 Å². The molecule has 132 valence electrons. The number of benzene rings is 3. The van der Waals surface area contributed by atoms with E-state index in [-0.39, 0.29) is 5.41 Å². The van der Waals surface area contributed by atoms with E-state index in [0.717, 1.165) is 12.8 Å². The number of aryl methyl sites for hydroxylation is 1. The third-order valence-corrected chi connectivity index (χ3v) is 6.28.